The Morgan fingerprint density at radius 2 is 2.12 bits per heavy atom. The zero-order chi connectivity index (χ0) is 13.1. The Kier molecular flexibility index (Phi) is 4.50. The van der Waals surface area contributed by atoms with Gasteiger partial charge in [-0.1, -0.05) is 6.42 Å². The largest absolute Gasteiger partial charge is 0.480 e. The molecule has 0 spiro atoms. The number of primary amides is 1. The minimum Gasteiger partial charge on any atom is -0.480 e. The molecule has 1 saturated heterocycles. The molecular formula is C9H17BN2O5. The monoisotopic (exact) mass is 244 g/mol. The molecule has 6 N–H and O–H groups in total. The number of rotatable bonds is 6. The number of carbonyl (C=O) groups is 2. The number of nitrogens with one attached hydrogen (secondary N) is 1. The third-order valence-electron chi connectivity index (χ3n) is 3.30. The van der Waals surface area contributed by atoms with Crippen molar-refractivity contribution in [1.29, 1.82) is 0 Å². The first-order chi connectivity index (χ1) is 7.90. The molecule has 0 aromatic rings. The van der Waals surface area contributed by atoms with Crippen molar-refractivity contribution in [2.75, 3.05) is 6.54 Å². The highest BCUT2D eigenvalue weighted by Gasteiger charge is 2.50. The van der Waals surface area contributed by atoms with E-state index in [1.807, 2.05) is 0 Å². The molecule has 0 aliphatic carbocycles. The van der Waals surface area contributed by atoms with E-state index in [0.29, 0.717) is 19.4 Å². The highest BCUT2D eigenvalue weighted by molar-refractivity contribution is 6.40. The first-order valence-electron chi connectivity index (χ1n) is 5.52. The lowest BCUT2D eigenvalue weighted by molar-refractivity contribution is -0.146. The fourth-order valence-corrected chi connectivity index (χ4v) is 2.36. The summed E-state index contributed by atoms with van der Waals surface area (Å²) < 4.78 is 0. The van der Waals surface area contributed by atoms with Gasteiger partial charge in [-0.3, -0.25) is 9.59 Å². The van der Waals surface area contributed by atoms with Crippen LogP contribution in [0.1, 0.15) is 19.3 Å². The Bertz CT molecular complexity index is 312. The van der Waals surface area contributed by atoms with Gasteiger partial charge in [0, 0.05) is 0 Å². The molecule has 0 aromatic carbocycles. The average molecular weight is 244 g/mol. The molecule has 96 valence electrons. The number of carboxylic acid groups (broad SMARTS) is 1. The van der Waals surface area contributed by atoms with Crippen LogP contribution in [0.25, 0.3) is 0 Å². The molecule has 2 atom stereocenters. The highest BCUT2D eigenvalue weighted by atomic mass is 16.4. The van der Waals surface area contributed by atoms with Gasteiger partial charge >= 0.3 is 13.1 Å². The van der Waals surface area contributed by atoms with Crippen molar-refractivity contribution in [2.45, 2.75) is 31.6 Å². The van der Waals surface area contributed by atoms with Gasteiger partial charge in [-0.2, -0.15) is 0 Å². The van der Waals surface area contributed by atoms with Crippen molar-refractivity contribution in [1.82, 2.24) is 5.32 Å². The van der Waals surface area contributed by atoms with E-state index in [1.165, 1.54) is 0 Å². The van der Waals surface area contributed by atoms with E-state index in [9.17, 15) is 9.59 Å². The van der Waals surface area contributed by atoms with Crippen LogP contribution in [0.5, 0.6) is 0 Å². The molecule has 1 heterocycles. The molecule has 17 heavy (non-hydrogen) atoms. The topological polar surface area (TPSA) is 133 Å². The van der Waals surface area contributed by atoms with E-state index >= 15 is 0 Å². The normalized spacial score (nSPS) is 28.0. The van der Waals surface area contributed by atoms with Gasteiger partial charge in [0.2, 0.25) is 5.91 Å². The van der Waals surface area contributed by atoms with Crippen LogP contribution >= 0.6 is 0 Å². The van der Waals surface area contributed by atoms with Crippen LogP contribution in [0.15, 0.2) is 0 Å². The van der Waals surface area contributed by atoms with E-state index in [1.54, 1.807) is 0 Å². The van der Waals surface area contributed by atoms with E-state index < -0.39 is 30.5 Å². The summed E-state index contributed by atoms with van der Waals surface area (Å²) in [6.45, 7) is 0.418. The van der Waals surface area contributed by atoms with Gasteiger partial charge in [-0.05, 0) is 25.7 Å². The molecule has 0 saturated carbocycles. The summed E-state index contributed by atoms with van der Waals surface area (Å²) in [5.74, 6) is -1.76. The van der Waals surface area contributed by atoms with E-state index in [4.69, 9.17) is 20.9 Å². The molecule has 8 heteroatoms. The summed E-state index contributed by atoms with van der Waals surface area (Å²) in [5.41, 5.74) is 4.19. The number of hydrogen-bond donors (Lipinski definition) is 5. The Hall–Kier alpha value is -1.12. The molecule has 1 amide bonds. The second-order valence-electron chi connectivity index (χ2n) is 4.37. The summed E-state index contributed by atoms with van der Waals surface area (Å²) in [6.07, 6.45) is 1.04. The summed E-state index contributed by atoms with van der Waals surface area (Å²) in [4.78, 5) is 22.6. The third-order valence-corrected chi connectivity index (χ3v) is 3.30. The maximum atomic E-state index is 11.5. The summed E-state index contributed by atoms with van der Waals surface area (Å²) in [5, 5.41) is 29.2. The first kappa shape index (κ1) is 13.9. The first-order valence-corrected chi connectivity index (χ1v) is 5.52. The van der Waals surface area contributed by atoms with Crippen LogP contribution < -0.4 is 11.1 Å². The Morgan fingerprint density at radius 3 is 2.59 bits per heavy atom. The maximum absolute atomic E-state index is 11.5. The Labute approximate surface area is 99.1 Å². The molecular weight excluding hydrogens is 227 g/mol. The van der Waals surface area contributed by atoms with Gasteiger partial charge in [0.25, 0.3) is 0 Å². The molecule has 1 aliphatic heterocycles. The fraction of sp³-hybridized carbons (Fsp3) is 0.778. The van der Waals surface area contributed by atoms with Crippen LogP contribution in [-0.2, 0) is 9.59 Å². The van der Waals surface area contributed by atoms with Gasteiger partial charge in [-0.15, -0.1) is 0 Å². The molecule has 0 unspecified atom stereocenters. The lowest BCUT2D eigenvalue weighted by Gasteiger charge is -2.29. The number of hydrogen-bond acceptors (Lipinski definition) is 5. The smallest absolute Gasteiger partial charge is 0.451 e. The van der Waals surface area contributed by atoms with Crippen LogP contribution in [0.2, 0.25) is 6.32 Å². The number of amides is 1. The van der Waals surface area contributed by atoms with E-state index in [2.05, 4.69) is 5.32 Å². The lowest BCUT2D eigenvalue weighted by Crippen LogP contribution is -2.50. The lowest BCUT2D eigenvalue weighted by atomic mass is 9.72. The summed E-state index contributed by atoms with van der Waals surface area (Å²) in [6, 6.07) is -0.990. The third kappa shape index (κ3) is 2.96. The number of carbonyl (C=O) groups excluding carboxylic acids is 1. The zero-order valence-electron chi connectivity index (χ0n) is 9.43. The van der Waals surface area contributed by atoms with Crippen LogP contribution in [0.4, 0.5) is 0 Å². The highest BCUT2D eigenvalue weighted by Crippen LogP contribution is 2.36. The van der Waals surface area contributed by atoms with Gasteiger partial charge in [0.05, 0.1) is 5.41 Å². The summed E-state index contributed by atoms with van der Waals surface area (Å²) in [7, 11) is -1.45. The number of carboxylic acids is 1. The fourth-order valence-electron chi connectivity index (χ4n) is 2.36. The average Bonchev–Trinajstić information content (AvgIpc) is 2.62. The van der Waals surface area contributed by atoms with Gasteiger partial charge < -0.3 is 26.2 Å². The van der Waals surface area contributed by atoms with Crippen molar-refractivity contribution >= 4 is 19.0 Å². The summed E-state index contributed by atoms with van der Waals surface area (Å²) >= 11 is 0. The Balaban J connectivity index is 2.75. The van der Waals surface area contributed by atoms with Crippen molar-refractivity contribution in [3.05, 3.63) is 0 Å². The van der Waals surface area contributed by atoms with Crippen LogP contribution in [0, 0.1) is 5.41 Å². The molecule has 7 nitrogen and oxygen atoms in total. The maximum Gasteiger partial charge on any atom is 0.451 e. The standard InChI is InChI=1S/C9H17BN2O5/c11-8(15)9(2-1-4-10(16)17)3-5-12-6(9)7(13)14/h6,12,16-17H,1-5H2,(H2,11,15)(H,13,14)/t6-,9+/m1/s1. The molecule has 0 aromatic heterocycles. The molecule has 1 aliphatic rings. The van der Waals surface area contributed by atoms with Crippen molar-refractivity contribution in [2.24, 2.45) is 11.1 Å². The number of nitrogens with two attached hydrogens (primary N) is 1. The molecule has 1 fully saturated rings. The van der Waals surface area contributed by atoms with Crippen molar-refractivity contribution < 1.29 is 24.7 Å². The second-order valence-corrected chi connectivity index (χ2v) is 4.37. The molecule has 1 rings (SSSR count). The zero-order valence-corrected chi connectivity index (χ0v) is 9.43. The minimum absolute atomic E-state index is 0.0986. The van der Waals surface area contributed by atoms with Crippen molar-refractivity contribution in [3.63, 3.8) is 0 Å². The van der Waals surface area contributed by atoms with E-state index in [0.717, 1.165) is 0 Å². The predicted molar refractivity (Wildman–Crippen MR) is 59.9 cm³/mol. The van der Waals surface area contributed by atoms with Crippen LogP contribution in [0.3, 0.4) is 0 Å². The molecule has 0 bridgehead atoms. The van der Waals surface area contributed by atoms with Gasteiger partial charge in [-0.25, -0.2) is 0 Å². The molecule has 0 radical (unpaired) electrons. The quantitative estimate of drug-likeness (QED) is 0.348. The van der Waals surface area contributed by atoms with Crippen LogP contribution in [-0.4, -0.2) is 46.7 Å². The SMILES string of the molecule is NC(=O)[C@@]1(CCCB(O)O)CCN[C@@H]1C(=O)O. The van der Waals surface area contributed by atoms with E-state index in [-0.39, 0.29) is 12.7 Å². The van der Waals surface area contributed by atoms with Gasteiger partial charge in [0.1, 0.15) is 6.04 Å². The number of aliphatic carboxylic acids is 1. The Morgan fingerprint density at radius 1 is 1.47 bits per heavy atom. The predicted octanol–water partition coefficient (Wildman–Crippen LogP) is -1.84. The minimum atomic E-state index is -1.45. The van der Waals surface area contributed by atoms with Gasteiger partial charge in [0.15, 0.2) is 0 Å². The second kappa shape index (κ2) is 5.48. The van der Waals surface area contributed by atoms with Crippen molar-refractivity contribution in [3.8, 4) is 0 Å².